The number of fused-ring (bicyclic) bond motifs is 2. The highest BCUT2D eigenvalue weighted by Crippen LogP contribution is 2.39. The minimum atomic E-state index is -4.62. The first-order chi connectivity index (χ1) is 8.33. The monoisotopic (exact) mass is 286 g/mol. The SMILES string of the molecule is CO[C@H]1O[C@H]2[C@@H](O)[C@H](O[C@H]2COP(=O)(O)O)[C@@H]1O. The summed E-state index contributed by atoms with van der Waals surface area (Å²) in [4.78, 5) is 17.2. The van der Waals surface area contributed by atoms with Crippen molar-refractivity contribution >= 4 is 7.82 Å². The van der Waals surface area contributed by atoms with E-state index in [1.807, 2.05) is 0 Å². The fraction of sp³-hybridized carbons (Fsp3) is 1.00. The molecule has 2 rings (SSSR count). The van der Waals surface area contributed by atoms with Crippen LogP contribution < -0.4 is 0 Å². The van der Waals surface area contributed by atoms with Gasteiger partial charge in [-0.1, -0.05) is 0 Å². The molecule has 2 fully saturated rings. The first kappa shape index (κ1) is 14.3. The highest BCUT2D eigenvalue weighted by molar-refractivity contribution is 7.46. The third kappa shape index (κ3) is 2.74. The van der Waals surface area contributed by atoms with Gasteiger partial charge in [0.05, 0.1) is 6.61 Å². The molecule has 0 spiro atoms. The second kappa shape index (κ2) is 5.12. The molecule has 2 saturated heterocycles. The predicted octanol–water partition coefficient (Wildman–Crippen LogP) is -2.04. The van der Waals surface area contributed by atoms with Crippen LogP contribution in [0.4, 0.5) is 0 Å². The second-order valence-corrected chi connectivity index (χ2v) is 5.35. The van der Waals surface area contributed by atoms with Crippen molar-refractivity contribution in [2.45, 2.75) is 36.8 Å². The number of phosphoric acid groups is 1. The van der Waals surface area contributed by atoms with Gasteiger partial charge in [-0.2, -0.15) is 0 Å². The van der Waals surface area contributed by atoms with Crippen LogP contribution in [0.2, 0.25) is 0 Å². The Bertz CT molecular complexity index is 343. The number of rotatable bonds is 4. The van der Waals surface area contributed by atoms with E-state index in [9.17, 15) is 14.8 Å². The molecule has 10 heteroatoms. The summed E-state index contributed by atoms with van der Waals surface area (Å²) in [5.74, 6) is 0. The highest BCUT2D eigenvalue weighted by atomic mass is 31.2. The average molecular weight is 286 g/mol. The lowest BCUT2D eigenvalue weighted by molar-refractivity contribution is -0.254. The summed E-state index contributed by atoms with van der Waals surface area (Å²) in [5, 5.41) is 19.5. The van der Waals surface area contributed by atoms with Crippen molar-refractivity contribution in [2.24, 2.45) is 0 Å². The minimum absolute atomic E-state index is 0.453. The molecule has 2 aliphatic heterocycles. The predicted molar refractivity (Wildman–Crippen MR) is 54.3 cm³/mol. The van der Waals surface area contributed by atoms with Crippen LogP contribution in [-0.4, -0.2) is 70.5 Å². The number of hydrogen-bond acceptors (Lipinski definition) is 7. The van der Waals surface area contributed by atoms with E-state index in [1.165, 1.54) is 7.11 Å². The quantitative estimate of drug-likeness (QED) is 0.431. The Labute approximate surface area is 102 Å². The average Bonchev–Trinajstić information content (AvgIpc) is 2.49. The van der Waals surface area contributed by atoms with Gasteiger partial charge in [0.15, 0.2) is 6.29 Å². The molecule has 0 aromatic rings. The third-order valence-electron chi connectivity index (χ3n) is 2.92. The molecular weight excluding hydrogens is 271 g/mol. The maximum atomic E-state index is 10.6. The van der Waals surface area contributed by atoms with E-state index in [1.54, 1.807) is 0 Å². The summed E-state index contributed by atoms with van der Waals surface area (Å²) in [5.41, 5.74) is 0. The Kier molecular flexibility index (Phi) is 4.07. The first-order valence-electron chi connectivity index (χ1n) is 5.23. The molecule has 0 saturated carbocycles. The number of ether oxygens (including phenoxy) is 3. The largest absolute Gasteiger partial charge is 0.469 e. The van der Waals surface area contributed by atoms with Crippen LogP contribution >= 0.6 is 7.82 Å². The molecule has 18 heavy (non-hydrogen) atoms. The zero-order valence-corrected chi connectivity index (χ0v) is 10.3. The molecule has 0 amide bonds. The van der Waals surface area contributed by atoms with E-state index in [4.69, 9.17) is 24.0 Å². The van der Waals surface area contributed by atoms with Crippen molar-refractivity contribution in [3.05, 3.63) is 0 Å². The summed E-state index contributed by atoms with van der Waals surface area (Å²) in [6, 6.07) is 0. The minimum Gasteiger partial charge on any atom is -0.387 e. The van der Waals surface area contributed by atoms with E-state index < -0.39 is 51.2 Å². The molecule has 0 unspecified atom stereocenters. The Morgan fingerprint density at radius 2 is 1.83 bits per heavy atom. The van der Waals surface area contributed by atoms with Crippen molar-refractivity contribution in [2.75, 3.05) is 13.7 Å². The number of aliphatic hydroxyl groups excluding tert-OH is 2. The second-order valence-electron chi connectivity index (χ2n) is 4.11. The van der Waals surface area contributed by atoms with Crippen molar-refractivity contribution in [1.29, 1.82) is 0 Å². The van der Waals surface area contributed by atoms with E-state index in [0.717, 1.165) is 0 Å². The van der Waals surface area contributed by atoms with Gasteiger partial charge in [-0.3, -0.25) is 4.52 Å². The number of aliphatic hydroxyl groups is 2. The summed E-state index contributed by atoms with van der Waals surface area (Å²) in [7, 11) is -3.30. The molecular formula is C8H15O9P. The lowest BCUT2D eigenvalue weighted by atomic mass is 10.0. The topological polar surface area (TPSA) is 135 Å². The summed E-state index contributed by atoms with van der Waals surface area (Å²) in [6.07, 6.45) is -5.91. The number of phosphoric ester groups is 1. The fourth-order valence-electron chi connectivity index (χ4n) is 2.11. The first-order valence-corrected chi connectivity index (χ1v) is 6.76. The van der Waals surface area contributed by atoms with Crippen LogP contribution in [0.5, 0.6) is 0 Å². The van der Waals surface area contributed by atoms with Crippen LogP contribution in [0.15, 0.2) is 0 Å². The van der Waals surface area contributed by atoms with Crippen molar-refractivity contribution in [1.82, 2.24) is 0 Å². The van der Waals surface area contributed by atoms with E-state index >= 15 is 0 Å². The van der Waals surface area contributed by atoms with Gasteiger partial charge < -0.3 is 34.2 Å². The fourth-order valence-corrected chi connectivity index (χ4v) is 2.45. The lowest BCUT2D eigenvalue weighted by Gasteiger charge is -2.34. The molecule has 2 aliphatic rings. The van der Waals surface area contributed by atoms with Crippen molar-refractivity contribution in [3.8, 4) is 0 Å². The van der Waals surface area contributed by atoms with E-state index in [-0.39, 0.29) is 0 Å². The van der Waals surface area contributed by atoms with Gasteiger partial charge in [0, 0.05) is 7.11 Å². The zero-order valence-electron chi connectivity index (χ0n) is 9.45. The lowest BCUT2D eigenvalue weighted by Crippen LogP contribution is -2.54. The van der Waals surface area contributed by atoms with Crippen LogP contribution in [0.1, 0.15) is 0 Å². The summed E-state index contributed by atoms with van der Waals surface area (Å²) in [6.45, 7) is -0.453. The van der Waals surface area contributed by atoms with E-state index in [2.05, 4.69) is 4.52 Å². The van der Waals surface area contributed by atoms with Crippen LogP contribution in [-0.2, 0) is 23.3 Å². The molecule has 0 aromatic carbocycles. The van der Waals surface area contributed by atoms with Gasteiger partial charge in [0.1, 0.15) is 30.5 Å². The third-order valence-corrected chi connectivity index (χ3v) is 3.40. The Balaban J connectivity index is 2.02. The maximum Gasteiger partial charge on any atom is 0.469 e. The van der Waals surface area contributed by atoms with Gasteiger partial charge >= 0.3 is 7.82 Å². The Hall–Kier alpha value is -0.0900. The zero-order chi connectivity index (χ0) is 13.5. The molecule has 2 bridgehead atoms. The standard InChI is InChI=1S/C8H15O9P/c1-14-8-5(10)7-4(9)6(17-8)3(16-7)2-15-18(11,12)13/h3-10H,2H2,1H3,(H2,11,12,13)/t3-,4+,5-,6+,7-,8-/m0/s1. The molecule has 106 valence electrons. The van der Waals surface area contributed by atoms with Crippen LogP contribution in [0, 0.1) is 0 Å². The molecule has 0 aliphatic carbocycles. The van der Waals surface area contributed by atoms with Crippen molar-refractivity contribution < 1.29 is 43.3 Å². The molecule has 9 nitrogen and oxygen atoms in total. The van der Waals surface area contributed by atoms with Gasteiger partial charge in [0.25, 0.3) is 0 Å². The molecule has 2 heterocycles. The van der Waals surface area contributed by atoms with Gasteiger partial charge in [0.2, 0.25) is 0 Å². The molecule has 0 radical (unpaired) electrons. The normalized spacial score (nSPS) is 44.3. The molecule has 0 aromatic heterocycles. The molecule has 4 N–H and O–H groups in total. The molecule has 6 atom stereocenters. The number of methoxy groups -OCH3 is 1. The van der Waals surface area contributed by atoms with E-state index in [0.29, 0.717) is 0 Å². The van der Waals surface area contributed by atoms with Crippen LogP contribution in [0.3, 0.4) is 0 Å². The Morgan fingerprint density at radius 1 is 1.17 bits per heavy atom. The summed E-state index contributed by atoms with van der Waals surface area (Å²) < 4.78 is 30.3. The number of hydrogen-bond donors (Lipinski definition) is 4. The van der Waals surface area contributed by atoms with Gasteiger partial charge in [-0.15, -0.1) is 0 Å². The van der Waals surface area contributed by atoms with Gasteiger partial charge in [-0.05, 0) is 0 Å². The van der Waals surface area contributed by atoms with Crippen molar-refractivity contribution in [3.63, 3.8) is 0 Å². The Morgan fingerprint density at radius 3 is 2.39 bits per heavy atom. The highest BCUT2D eigenvalue weighted by Gasteiger charge is 2.55. The summed E-state index contributed by atoms with van der Waals surface area (Å²) >= 11 is 0. The van der Waals surface area contributed by atoms with Crippen LogP contribution in [0.25, 0.3) is 0 Å². The smallest absolute Gasteiger partial charge is 0.387 e. The maximum absolute atomic E-state index is 10.6. The van der Waals surface area contributed by atoms with Gasteiger partial charge in [-0.25, -0.2) is 4.57 Å².